The van der Waals surface area contributed by atoms with Crippen LogP contribution >= 0.6 is 0 Å². The van der Waals surface area contributed by atoms with E-state index in [4.69, 9.17) is 19.9 Å². The van der Waals surface area contributed by atoms with Crippen LogP contribution in [0.3, 0.4) is 0 Å². The van der Waals surface area contributed by atoms with E-state index in [0.29, 0.717) is 47.7 Å². The summed E-state index contributed by atoms with van der Waals surface area (Å²) in [5.74, 6) is 2.68. The van der Waals surface area contributed by atoms with Crippen molar-refractivity contribution < 1.29 is 24.4 Å². The lowest BCUT2D eigenvalue weighted by Gasteiger charge is -2.24. The highest BCUT2D eigenvalue weighted by Crippen LogP contribution is 2.45. The van der Waals surface area contributed by atoms with Crippen molar-refractivity contribution in [2.75, 3.05) is 36.1 Å². The Morgan fingerprint density at radius 3 is 2.88 bits per heavy atom. The van der Waals surface area contributed by atoms with Gasteiger partial charge in [-0.2, -0.15) is 4.98 Å². The van der Waals surface area contributed by atoms with E-state index in [1.165, 1.54) is 10.8 Å². The predicted octanol–water partition coefficient (Wildman–Crippen LogP) is 1.20. The molecule has 6 N–H and O–H groups in total. The number of nitrogens with one attached hydrogen (secondary N) is 2. The summed E-state index contributed by atoms with van der Waals surface area (Å²) in [5.41, 5.74) is 5.65. The minimum Gasteiger partial charge on any atom is -0.489 e. The Bertz CT molecular complexity index is 1250. The summed E-state index contributed by atoms with van der Waals surface area (Å²) >= 11 is 0. The fourth-order valence-corrected chi connectivity index (χ4v) is 3.84. The summed E-state index contributed by atoms with van der Waals surface area (Å²) in [6.45, 7) is 0.483. The Labute approximate surface area is 193 Å². The van der Waals surface area contributed by atoms with Crippen LogP contribution in [0, 0.1) is 0 Å². The number of aromatic nitrogens is 3. The molecule has 0 aliphatic carbocycles. The molecule has 2 unspecified atom stereocenters. The SMILES string of the molecule is Nc1cccc(NCCOc2cccc3c2Nc2nc(=O)n(C4C[C@@H](O)C(CO)O4)cc2O3)n1. The van der Waals surface area contributed by atoms with Gasteiger partial charge in [0.25, 0.3) is 0 Å². The predicted molar refractivity (Wildman–Crippen MR) is 123 cm³/mol. The van der Waals surface area contributed by atoms with Crippen LogP contribution in [0.2, 0.25) is 0 Å². The summed E-state index contributed by atoms with van der Waals surface area (Å²) < 4.78 is 18.7. The fourth-order valence-electron chi connectivity index (χ4n) is 3.84. The van der Waals surface area contributed by atoms with E-state index in [1.54, 1.807) is 24.3 Å². The first-order chi connectivity index (χ1) is 16.5. The van der Waals surface area contributed by atoms with Crippen molar-refractivity contribution >= 4 is 23.1 Å². The number of aliphatic hydroxyl groups excluding tert-OH is 2. The van der Waals surface area contributed by atoms with Crippen molar-refractivity contribution in [2.45, 2.75) is 24.9 Å². The van der Waals surface area contributed by atoms with Crippen LogP contribution in [0.1, 0.15) is 12.6 Å². The molecule has 0 bridgehead atoms. The number of ether oxygens (including phenoxy) is 3. The molecule has 1 saturated heterocycles. The molecule has 2 aliphatic rings. The third-order valence-electron chi connectivity index (χ3n) is 5.50. The number of aliphatic hydroxyl groups is 2. The molecule has 12 nitrogen and oxygen atoms in total. The maximum atomic E-state index is 12.6. The van der Waals surface area contributed by atoms with Gasteiger partial charge in [-0.15, -0.1) is 0 Å². The van der Waals surface area contributed by atoms with Crippen LogP contribution in [-0.4, -0.2) is 56.7 Å². The van der Waals surface area contributed by atoms with E-state index < -0.39 is 24.1 Å². The third-order valence-corrected chi connectivity index (χ3v) is 5.50. The minimum atomic E-state index is -0.873. The molecule has 3 aromatic rings. The Hall–Kier alpha value is -3.87. The zero-order chi connectivity index (χ0) is 23.7. The summed E-state index contributed by atoms with van der Waals surface area (Å²) in [6, 6.07) is 10.7. The van der Waals surface area contributed by atoms with Crippen LogP contribution in [0.25, 0.3) is 0 Å². The van der Waals surface area contributed by atoms with E-state index in [0.717, 1.165) is 0 Å². The maximum Gasteiger partial charge on any atom is 0.351 e. The molecular formula is C22H24N6O6. The summed E-state index contributed by atoms with van der Waals surface area (Å²) in [6.07, 6.45) is -0.738. The highest BCUT2D eigenvalue weighted by atomic mass is 16.5. The number of anilines is 4. The Kier molecular flexibility index (Phi) is 5.92. The van der Waals surface area contributed by atoms with Crippen LogP contribution in [-0.2, 0) is 4.74 Å². The van der Waals surface area contributed by atoms with Gasteiger partial charge in [-0.05, 0) is 24.3 Å². The van der Waals surface area contributed by atoms with Gasteiger partial charge in [-0.25, -0.2) is 9.78 Å². The zero-order valence-corrected chi connectivity index (χ0v) is 18.0. The number of hydrogen-bond donors (Lipinski definition) is 5. The third kappa shape index (κ3) is 4.33. The average molecular weight is 468 g/mol. The molecule has 0 radical (unpaired) electrons. The topological polar surface area (TPSA) is 166 Å². The molecule has 0 amide bonds. The highest BCUT2D eigenvalue weighted by molar-refractivity contribution is 5.77. The number of nitrogens with zero attached hydrogens (tertiary/aromatic N) is 3. The lowest BCUT2D eigenvalue weighted by atomic mass is 10.2. The minimum absolute atomic E-state index is 0.159. The number of nitrogens with two attached hydrogens (primary N) is 1. The second kappa shape index (κ2) is 9.17. The van der Waals surface area contributed by atoms with Gasteiger partial charge >= 0.3 is 5.69 Å². The smallest absolute Gasteiger partial charge is 0.351 e. The number of fused-ring (bicyclic) bond motifs is 2. The number of nitrogen functional groups attached to an aromatic ring is 1. The first-order valence-electron chi connectivity index (χ1n) is 10.8. The number of para-hydroxylation sites is 1. The highest BCUT2D eigenvalue weighted by Gasteiger charge is 2.36. The van der Waals surface area contributed by atoms with Gasteiger partial charge in [0.05, 0.1) is 25.5 Å². The van der Waals surface area contributed by atoms with Gasteiger partial charge in [0, 0.05) is 6.42 Å². The van der Waals surface area contributed by atoms with Crippen LogP contribution < -0.4 is 31.5 Å². The Morgan fingerprint density at radius 1 is 1.24 bits per heavy atom. The van der Waals surface area contributed by atoms with E-state index in [-0.39, 0.29) is 18.8 Å². The number of pyridine rings is 1. The van der Waals surface area contributed by atoms with Gasteiger partial charge < -0.3 is 40.8 Å². The summed E-state index contributed by atoms with van der Waals surface area (Å²) in [7, 11) is 0. The molecule has 3 atom stereocenters. The Morgan fingerprint density at radius 2 is 2.09 bits per heavy atom. The molecule has 1 fully saturated rings. The molecule has 34 heavy (non-hydrogen) atoms. The molecule has 12 heteroatoms. The molecule has 0 spiro atoms. The van der Waals surface area contributed by atoms with E-state index >= 15 is 0 Å². The number of benzene rings is 1. The fraction of sp³-hybridized carbons (Fsp3) is 0.318. The van der Waals surface area contributed by atoms with Gasteiger partial charge in [-0.1, -0.05) is 12.1 Å². The van der Waals surface area contributed by atoms with E-state index in [1.807, 2.05) is 12.1 Å². The number of rotatable bonds is 7. The van der Waals surface area contributed by atoms with Crippen molar-refractivity contribution in [3.63, 3.8) is 0 Å². The van der Waals surface area contributed by atoms with Crippen molar-refractivity contribution in [3.05, 3.63) is 53.1 Å². The first-order valence-corrected chi connectivity index (χ1v) is 10.8. The normalized spacial score (nSPS) is 20.6. The van der Waals surface area contributed by atoms with Gasteiger partial charge in [0.1, 0.15) is 42.0 Å². The summed E-state index contributed by atoms with van der Waals surface area (Å²) in [4.78, 5) is 20.9. The molecule has 4 heterocycles. The van der Waals surface area contributed by atoms with Crippen LogP contribution in [0.15, 0.2) is 47.4 Å². The zero-order valence-electron chi connectivity index (χ0n) is 18.0. The van der Waals surface area contributed by atoms with Crippen LogP contribution in [0.4, 0.5) is 23.1 Å². The maximum absolute atomic E-state index is 12.6. The monoisotopic (exact) mass is 468 g/mol. The molecule has 5 rings (SSSR count). The standard InChI is InChI=1S/C22H24N6O6/c23-17-5-2-6-18(25-17)24-7-8-32-13-3-1-4-14-20(13)26-21-15(33-14)10-28(22(31)27-21)19-9-12(30)16(11-29)34-19/h1-6,10,12,16,19,29-30H,7-9,11H2,(H3,23,24,25)(H,26,27,31)/t12-,16?,19?/m1/s1. The average Bonchev–Trinajstić information content (AvgIpc) is 3.20. The molecular weight excluding hydrogens is 444 g/mol. The van der Waals surface area contributed by atoms with Crippen molar-refractivity contribution in [1.82, 2.24) is 14.5 Å². The van der Waals surface area contributed by atoms with Crippen molar-refractivity contribution in [3.8, 4) is 17.2 Å². The molecule has 2 aromatic heterocycles. The second-order valence-corrected chi connectivity index (χ2v) is 7.84. The van der Waals surface area contributed by atoms with Crippen molar-refractivity contribution in [2.24, 2.45) is 0 Å². The second-order valence-electron chi connectivity index (χ2n) is 7.84. The molecule has 178 valence electrons. The Balaban J connectivity index is 1.28. The largest absolute Gasteiger partial charge is 0.489 e. The number of hydrogen-bond acceptors (Lipinski definition) is 11. The molecule has 1 aromatic carbocycles. The molecule has 0 saturated carbocycles. The lowest BCUT2D eigenvalue weighted by molar-refractivity contribution is -0.0459. The van der Waals surface area contributed by atoms with E-state index in [9.17, 15) is 15.0 Å². The van der Waals surface area contributed by atoms with Gasteiger partial charge in [0.15, 0.2) is 17.3 Å². The van der Waals surface area contributed by atoms with Gasteiger partial charge in [-0.3, -0.25) is 4.57 Å². The first kappa shape index (κ1) is 21.9. The van der Waals surface area contributed by atoms with Gasteiger partial charge in [0.2, 0.25) is 0 Å². The lowest BCUT2D eigenvalue weighted by Crippen LogP contribution is -2.29. The quantitative estimate of drug-likeness (QED) is 0.247. The molecule has 2 aliphatic heterocycles. The summed E-state index contributed by atoms with van der Waals surface area (Å²) in [5, 5.41) is 25.5. The van der Waals surface area contributed by atoms with E-state index in [2.05, 4.69) is 20.6 Å². The van der Waals surface area contributed by atoms with Crippen LogP contribution in [0.5, 0.6) is 17.2 Å². The van der Waals surface area contributed by atoms with Crippen molar-refractivity contribution in [1.29, 1.82) is 0 Å².